The van der Waals surface area contributed by atoms with E-state index in [9.17, 15) is 19.8 Å². The lowest BCUT2D eigenvalue weighted by molar-refractivity contribution is -0.124. The number of unbranched alkanes of at least 4 members (excludes halogenated alkanes) is 1. The molecule has 0 saturated heterocycles. The largest absolute Gasteiger partial charge is 0.504 e. The average molecular weight is 535 g/mol. The standard InChI is InChI=1S/C29H46N2O7/c1-8-9-10-30-28(35)19(4)22(17-32)26(34)23(31-38-29(5,6)7)16-21(18(2)3)13-20-14-24(33)27-25(15-20)36-11-12-37-27/h14-15,18-19,21,23,26,31,33-34H,8-13,16H2,1-7H3,(H,30,35)/t19-,21+,23+,26+/m1/s1. The van der Waals surface area contributed by atoms with Crippen LogP contribution in [0.15, 0.2) is 17.7 Å². The molecule has 9 heteroatoms. The summed E-state index contributed by atoms with van der Waals surface area (Å²) < 4.78 is 11.2. The highest BCUT2D eigenvalue weighted by Gasteiger charge is 2.34. The van der Waals surface area contributed by atoms with Crippen molar-refractivity contribution in [3.63, 3.8) is 0 Å². The average Bonchev–Trinajstić information content (AvgIpc) is 2.85. The molecule has 1 heterocycles. The predicted molar refractivity (Wildman–Crippen MR) is 146 cm³/mol. The Morgan fingerprint density at radius 1 is 1.18 bits per heavy atom. The lowest BCUT2D eigenvalue weighted by atomic mass is 9.81. The van der Waals surface area contributed by atoms with Crippen LogP contribution >= 0.6 is 0 Å². The van der Waals surface area contributed by atoms with Gasteiger partial charge in [0, 0.05) is 6.54 Å². The number of aromatic hydroxyl groups is 1. The number of amides is 1. The Morgan fingerprint density at radius 2 is 1.87 bits per heavy atom. The van der Waals surface area contributed by atoms with Crippen molar-refractivity contribution in [3.05, 3.63) is 23.3 Å². The number of hydroxylamine groups is 1. The Hall–Kier alpha value is -2.58. The van der Waals surface area contributed by atoms with Crippen molar-refractivity contribution >= 4 is 11.8 Å². The van der Waals surface area contributed by atoms with Gasteiger partial charge >= 0.3 is 0 Å². The minimum atomic E-state index is -1.29. The highest BCUT2D eigenvalue weighted by molar-refractivity contribution is 5.84. The van der Waals surface area contributed by atoms with Gasteiger partial charge in [-0.15, -0.1) is 0 Å². The van der Waals surface area contributed by atoms with Crippen molar-refractivity contribution in [2.45, 2.75) is 91.9 Å². The number of carbonyl (C=O) groups excluding carboxylic acids is 2. The lowest BCUT2D eigenvalue weighted by Gasteiger charge is -2.33. The van der Waals surface area contributed by atoms with E-state index in [1.54, 1.807) is 13.0 Å². The van der Waals surface area contributed by atoms with Crippen LogP contribution in [-0.2, 0) is 20.8 Å². The fourth-order valence-corrected chi connectivity index (χ4v) is 4.33. The quantitative estimate of drug-likeness (QED) is 0.162. The summed E-state index contributed by atoms with van der Waals surface area (Å²) in [6, 6.07) is 2.86. The van der Waals surface area contributed by atoms with Crippen molar-refractivity contribution in [2.75, 3.05) is 19.8 Å². The molecule has 0 aromatic heterocycles. The molecule has 1 aromatic rings. The fraction of sp³-hybridized carbons (Fsp3) is 0.690. The first kappa shape index (κ1) is 31.6. The van der Waals surface area contributed by atoms with E-state index in [1.807, 2.05) is 39.7 Å². The number of rotatable bonds is 14. The number of carbonyl (C=O) groups is 1. The SMILES string of the molecule is CCCCNC(=O)[C@H](C)C(=C=O)[C@H](O)[C@H](C[C@H](Cc1cc(O)c2c(c1)OCCO2)C(C)C)NOC(C)(C)C. The second-order valence-corrected chi connectivity index (χ2v) is 11.4. The molecule has 1 amide bonds. The van der Waals surface area contributed by atoms with Gasteiger partial charge in [0.1, 0.15) is 25.3 Å². The van der Waals surface area contributed by atoms with Crippen LogP contribution in [0.1, 0.15) is 73.3 Å². The number of fused-ring (bicyclic) bond motifs is 1. The predicted octanol–water partition coefficient (Wildman–Crippen LogP) is 3.73. The van der Waals surface area contributed by atoms with Gasteiger partial charge in [-0.1, -0.05) is 27.2 Å². The Morgan fingerprint density at radius 3 is 2.47 bits per heavy atom. The van der Waals surface area contributed by atoms with Crippen molar-refractivity contribution in [3.8, 4) is 17.2 Å². The Labute approximate surface area is 226 Å². The maximum absolute atomic E-state index is 12.7. The molecule has 2 rings (SSSR count). The third-order valence-electron chi connectivity index (χ3n) is 6.70. The van der Waals surface area contributed by atoms with E-state index in [0.29, 0.717) is 44.1 Å². The summed E-state index contributed by atoms with van der Waals surface area (Å²) in [4.78, 5) is 30.5. The van der Waals surface area contributed by atoms with Crippen LogP contribution in [-0.4, -0.2) is 59.6 Å². The molecular weight excluding hydrogens is 488 g/mol. The van der Waals surface area contributed by atoms with Crippen LogP contribution in [0, 0.1) is 17.8 Å². The van der Waals surface area contributed by atoms with Crippen molar-refractivity contribution in [1.82, 2.24) is 10.8 Å². The molecule has 214 valence electrons. The summed E-state index contributed by atoms with van der Waals surface area (Å²) in [5.41, 5.74) is 3.27. The van der Waals surface area contributed by atoms with Crippen LogP contribution < -0.4 is 20.3 Å². The molecule has 0 saturated carbocycles. The first-order chi connectivity index (χ1) is 17.9. The molecule has 0 aliphatic carbocycles. The van der Waals surface area contributed by atoms with Gasteiger partial charge in [0.25, 0.3) is 0 Å². The zero-order valence-corrected chi connectivity index (χ0v) is 23.9. The van der Waals surface area contributed by atoms with E-state index in [4.69, 9.17) is 14.3 Å². The third-order valence-corrected chi connectivity index (χ3v) is 6.70. The van der Waals surface area contributed by atoms with Crippen LogP contribution in [0.3, 0.4) is 0 Å². The number of ether oxygens (including phenoxy) is 2. The molecule has 4 N–H and O–H groups in total. The molecule has 1 aliphatic rings. The van der Waals surface area contributed by atoms with Gasteiger partial charge in [0.15, 0.2) is 11.5 Å². The molecule has 0 bridgehead atoms. The molecule has 1 aliphatic heterocycles. The van der Waals surface area contributed by atoms with E-state index in [2.05, 4.69) is 24.6 Å². The highest BCUT2D eigenvalue weighted by Crippen LogP contribution is 2.40. The summed E-state index contributed by atoms with van der Waals surface area (Å²) in [5.74, 6) is 1.77. The van der Waals surface area contributed by atoms with Gasteiger partial charge in [-0.3, -0.25) is 9.63 Å². The molecule has 38 heavy (non-hydrogen) atoms. The molecular formula is C29H46N2O7. The number of hydrogen-bond acceptors (Lipinski definition) is 8. The molecule has 0 radical (unpaired) electrons. The van der Waals surface area contributed by atoms with E-state index in [0.717, 1.165) is 18.4 Å². The summed E-state index contributed by atoms with van der Waals surface area (Å²) >= 11 is 0. The summed E-state index contributed by atoms with van der Waals surface area (Å²) in [5, 5.41) is 24.6. The van der Waals surface area contributed by atoms with Crippen LogP contribution in [0.25, 0.3) is 0 Å². The van der Waals surface area contributed by atoms with Crippen molar-refractivity contribution < 1.29 is 34.1 Å². The zero-order chi connectivity index (χ0) is 28.5. The molecule has 0 spiro atoms. The molecule has 0 fully saturated rings. The number of phenolic OH excluding ortho intramolecular Hbond substituents is 1. The Balaban J connectivity index is 2.27. The maximum Gasteiger partial charge on any atom is 0.227 e. The van der Waals surface area contributed by atoms with Gasteiger partial charge < -0.3 is 25.0 Å². The number of nitrogens with one attached hydrogen (secondary N) is 2. The third kappa shape index (κ3) is 9.31. The zero-order valence-electron chi connectivity index (χ0n) is 23.9. The Bertz CT molecular complexity index is 966. The van der Waals surface area contributed by atoms with Crippen LogP contribution in [0.5, 0.6) is 17.2 Å². The van der Waals surface area contributed by atoms with Crippen LogP contribution in [0.2, 0.25) is 0 Å². The summed E-state index contributed by atoms with van der Waals surface area (Å²) in [7, 11) is 0. The first-order valence-electron chi connectivity index (χ1n) is 13.6. The van der Waals surface area contributed by atoms with E-state index < -0.39 is 23.7 Å². The van der Waals surface area contributed by atoms with E-state index in [-0.39, 0.29) is 29.1 Å². The Kier molecular flexibility index (Phi) is 12.1. The lowest BCUT2D eigenvalue weighted by Crippen LogP contribution is -2.48. The molecule has 1 aromatic carbocycles. The smallest absolute Gasteiger partial charge is 0.227 e. The number of aliphatic hydroxyl groups is 1. The van der Waals surface area contributed by atoms with Gasteiger partial charge in [0.05, 0.1) is 23.1 Å². The van der Waals surface area contributed by atoms with E-state index in [1.165, 1.54) is 0 Å². The van der Waals surface area contributed by atoms with E-state index >= 15 is 0 Å². The van der Waals surface area contributed by atoms with Gasteiger partial charge in [0.2, 0.25) is 11.7 Å². The minimum Gasteiger partial charge on any atom is -0.504 e. The first-order valence-corrected chi connectivity index (χ1v) is 13.6. The van der Waals surface area contributed by atoms with Crippen LogP contribution in [0.4, 0.5) is 0 Å². The fourth-order valence-electron chi connectivity index (χ4n) is 4.33. The maximum atomic E-state index is 12.7. The number of aliphatic hydroxyl groups excluding tert-OH is 1. The van der Waals surface area contributed by atoms with Gasteiger partial charge in [-0.05, 0) is 76.5 Å². The second kappa shape index (κ2) is 14.5. The number of phenols is 1. The summed E-state index contributed by atoms with van der Waals surface area (Å²) in [6.07, 6.45) is 1.48. The summed E-state index contributed by atoms with van der Waals surface area (Å²) in [6.45, 7) is 14.7. The highest BCUT2D eigenvalue weighted by atomic mass is 16.7. The molecule has 4 atom stereocenters. The number of benzene rings is 1. The van der Waals surface area contributed by atoms with Gasteiger partial charge in [-0.2, -0.15) is 5.48 Å². The van der Waals surface area contributed by atoms with Gasteiger partial charge in [-0.25, -0.2) is 4.79 Å². The number of hydrogen-bond donors (Lipinski definition) is 4. The molecule has 9 nitrogen and oxygen atoms in total. The van der Waals surface area contributed by atoms with Crippen molar-refractivity contribution in [2.24, 2.45) is 17.8 Å². The monoisotopic (exact) mass is 534 g/mol. The molecule has 0 unspecified atom stereocenters. The second-order valence-electron chi connectivity index (χ2n) is 11.4. The van der Waals surface area contributed by atoms with Crippen molar-refractivity contribution in [1.29, 1.82) is 0 Å². The minimum absolute atomic E-state index is 0.0199. The topological polar surface area (TPSA) is 126 Å². The normalized spacial score (nSPS) is 16.3.